The van der Waals surface area contributed by atoms with E-state index >= 15 is 0 Å². The first-order valence-corrected chi connectivity index (χ1v) is 12.9. The van der Waals surface area contributed by atoms with Crippen molar-refractivity contribution < 1.29 is 9.53 Å². The van der Waals surface area contributed by atoms with Gasteiger partial charge >= 0.3 is 0 Å². The van der Waals surface area contributed by atoms with Crippen molar-refractivity contribution in [1.82, 2.24) is 24.1 Å². The quantitative estimate of drug-likeness (QED) is 0.432. The Hall–Kier alpha value is -3.35. The van der Waals surface area contributed by atoms with Crippen LogP contribution in [0, 0.1) is 30.6 Å². The summed E-state index contributed by atoms with van der Waals surface area (Å²) in [4.78, 5) is 20.4. The molecule has 3 saturated carbocycles. The number of aromatic nitrogens is 4. The van der Waals surface area contributed by atoms with Gasteiger partial charge < -0.3 is 14.2 Å². The van der Waals surface area contributed by atoms with Crippen molar-refractivity contribution in [1.29, 1.82) is 0 Å². The van der Waals surface area contributed by atoms with Crippen LogP contribution in [0.2, 0.25) is 0 Å². The van der Waals surface area contributed by atoms with Gasteiger partial charge in [-0.1, -0.05) is 0 Å². The van der Waals surface area contributed by atoms with Crippen LogP contribution in [0.1, 0.15) is 41.6 Å². The van der Waals surface area contributed by atoms with Crippen molar-refractivity contribution in [2.24, 2.45) is 23.7 Å². The van der Waals surface area contributed by atoms with Crippen LogP contribution in [-0.2, 0) is 6.54 Å². The summed E-state index contributed by atoms with van der Waals surface area (Å²) in [5.41, 5.74) is 5.65. The average molecular weight is 468 g/mol. The molecule has 8 rings (SSSR count). The van der Waals surface area contributed by atoms with Crippen LogP contribution in [-0.4, -0.2) is 49.7 Å². The van der Waals surface area contributed by atoms with Crippen molar-refractivity contribution in [2.45, 2.75) is 45.2 Å². The Morgan fingerprint density at radius 2 is 2.09 bits per heavy atom. The topological polar surface area (TPSA) is 64.7 Å². The Labute approximate surface area is 203 Å². The molecule has 4 aromatic heterocycles. The highest BCUT2D eigenvalue weighted by Crippen LogP contribution is 2.60. The lowest BCUT2D eigenvalue weighted by Gasteiger charge is -2.52. The lowest BCUT2D eigenvalue weighted by atomic mass is 9.53. The highest BCUT2D eigenvalue weighted by molar-refractivity contribution is 5.96. The number of amides is 1. The lowest BCUT2D eigenvalue weighted by Crippen LogP contribution is -2.53. The Morgan fingerprint density at radius 3 is 2.86 bits per heavy atom. The molecule has 178 valence electrons. The molecule has 7 nitrogen and oxygen atoms in total. The molecule has 5 heterocycles. The van der Waals surface area contributed by atoms with Crippen molar-refractivity contribution in [2.75, 3.05) is 13.7 Å². The normalized spacial score (nSPS) is 26.6. The van der Waals surface area contributed by atoms with Gasteiger partial charge in [0, 0.05) is 42.5 Å². The van der Waals surface area contributed by atoms with Gasteiger partial charge in [0.1, 0.15) is 22.6 Å². The zero-order chi connectivity index (χ0) is 23.4. The van der Waals surface area contributed by atoms with Gasteiger partial charge in [-0.3, -0.25) is 4.79 Å². The van der Waals surface area contributed by atoms with Gasteiger partial charge in [0.2, 0.25) is 0 Å². The highest BCUT2D eigenvalue weighted by Gasteiger charge is 2.61. The molecular weight excluding hydrogens is 438 g/mol. The predicted octanol–water partition coefficient (Wildman–Crippen LogP) is 4.56. The molecule has 4 aliphatic rings. The molecule has 0 aromatic carbocycles. The number of methoxy groups -OCH3 is 1. The van der Waals surface area contributed by atoms with Crippen molar-refractivity contribution in [3.05, 3.63) is 47.8 Å². The summed E-state index contributed by atoms with van der Waals surface area (Å²) >= 11 is 0. The highest BCUT2D eigenvalue weighted by atomic mass is 16.5. The first-order valence-electron chi connectivity index (χ1n) is 12.9. The maximum Gasteiger partial charge on any atom is 0.255 e. The van der Waals surface area contributed by atoms with Gasteiger partial charge in [-0.2, -0.15) is 5.10 Å². The number of ether oxygens (including phenoxy) is 1. The summed E-state index contributed by atoms with van der Waals surface area (Å²) in [5, 5.41) is 6.16. The number of nitrogens with zero attached hydrogens (tertiary/aromatic N) is 5. The fourth-order valence-electron chi connectivity index (χ4n) is 7.19. The zero-order valence-electron chi connectivity index (χ0n) is 20.1. The average Bonchev–Trinajstić information content (AvgIpc) is 3.52. The van der Waals surface area contributed by atoms with Gasteiger partial charge in [0.05, 0.1) is 18.4 Å². The third-order valence-electron chi connectivity index (χ3n) is 9.21. The summed E-state index contributed by atoms with van der Waals surface area (Å²) < 4.78 is 10.0. The fourth-order valence-corrected chi connectivity index (χ4v) is 7.19. The van der Waals surface area contributed by atoms with Crippen molar-refractivity contribution in [3.8, 4) is 17.1 Å². The molecule has 3 aliphatic carbocycles. The maximum atomic E-state index is 13.6. The first kappa shape index (κ1) is 19.9. The summed E-state index contributed by atoms with van der Waals surface area (Å²) in [7, 11) is 1.68. The van der Waals surface area contributed by atoms with Crippen LogP contribution in [0.3, 0.4) is 0 Å². The smallest absolute Gasteiger partial charge is 0.255 e. The molecule has 1 aliphatic heterocycles. The summed E-state index contributed by atoms with van der Waals surface area (Å²) in [6.07, 6.45) is 8.79. The molecule has 3 unspecified atom stereocenters. The predicted molar refractivity (Wildman–Crippen MR) is 132 cm³/mol. The second-order valence-electron chi connectivity index (χ2n) is 11.2. The van der Waals surface area contributed by atoms with E-state index in [4.69, 9.17) is 9.84 Å². The summed E-state index contributed by atoms with van der Waals surface area (Å²) in [6, 6.07) is 8.65. The monoisotopic (exact) mass is 467 g/mol. The standard InChI is InChI=1S/C28H29N5O2/c1-15-25(22-9-17-4-3-7-29-27(17)31(22)12-16-5-6-16)30-33-14-20(11-23(35-2)26(15)33)28(34)32-13-19-8-18-10-21(32)24(18)19/h3-4,7,9,11,14,16,18-19,21,24H,5-6,8,10,12-13H2,1-2H3/t18?,19?,21?,24-/m1/s1. The van der Waals surface area contributed by atoms with Gasteiger partial charge in [-0.15, -0.1) is 0 Å². The SMILES string of the molecule is COc1cc(C(=O)N2CC3CC4CC2[C@H]43)cn2nc(-c3cc4cccnc4n3CC3CC3)c(C)c12. The van der Waals surface area contributed by atoms with Crippen LogP contribution < -0.4 is 4.74 Å². The van der Waals surface area contributed by atoms with E-state index in [1.165, 1.54) is 25.7 Å². The molecule has 35 heavy (non-hydrogen) atoms. The Kier molecular flexibility index (Phi) is 3.90. The first-order chi connectivity index (χ1) is 17.1. The van der Waals surface area contributed by atoms with E-state index < -0.39 is 0 Å². The number of carbonyl (C=O) groups is 1. The van der Waals surface area contributed by atoms with Gasteiger partial charge in [-0.05, 0) is 80.5 Å². The van der Waals surface area contributed by atoms with Gasteiger partial charge in [0.15, 0.2) is 0 Å². The lowest BCUT2D eigenvalue weighted by molar-refractivity contribution is -0.0204. The van der Waals surface area contributed by atoms with E-state index in [-0.39, 0.29) is 5.91 Å². The van der Waals surface area contributed by atoms with E-state index in [9.17, 15) is 4.79 Å². The van der Waals surface area contributed by atoms with Crippen LogP contribution >= 0.6 is 0 Å². The molecule has 4 aromatic rings. The molecule has 4 fully saturated rings. The van der Waals surface area contributed by atoms with E-state index in [0.29, 0.717) is 29.2 Å². The minimum atomic E-state index is 0.116. The molecule has 4 atom stereocenters. The van der Waals surface area contributed by atoms with Crippen molar-refractivity contribution >= 4 is 22.5 Å². The molecule has 7 heteroatoms. The number of likely N-dealkylation sites (tertiary alicyclic amines) is 1. The fraction of sp³-hybridized carbons (Fsp3) is 0.464. The van der Waals surface area contributed by atoms with Gasteiger partial charge in [0.25, 0.3) is 5.91 Å². The third-order valence-corrected chi connectivity index (χ3v) is 9.21. The number of rotatable bonds is 5. The number of pyridine rings is 2. The van der Waals surface area contributed by atoms with E-state index in [1.54, 1.807) is 7.11 Å². The number of fused-ring (bicyclic) bond motifs is 2. The zero-order valence-corrected chi connectivity index (χ0v) is 20.1. The minimum absolute atomic E-state index is 0.116. The Bertz CT molecular complexity index is 1530. The molecule has 1 saturated heterocycles. The van der Waals surface area contributed by atoms with E-state index in [1.807, 2.05) is 29.0 Å². The summed E-state index contributed by atoms with van der Waals surface area (Å²) in [6.45, 7) is 3.97. The molecule has 1 amide bonds. The minimum Gasteiger partial charge on any atom is -0.494 e. The number of hydrogen-bond donors (Lipinski definition) is 0. The Morgan fingerprint density at radius 1 is 1.20 bits per heavy atom. The number of aryl methyl sites for hydroxylation is 1. The van der Waals surface area contributed by atoms with Gasteiger partial charge in [-0.25, -0.2) is 9.50 Å². The Balaban J connectivity index is 1.25. The molecule has 0 bridgehead atoms. The van der Waals surface area contributed by atoms with E-state index in [0.717, 1.165) is 58.4 Å². The number of hydrogen-bond acceptors (Lipinski definition) is 4. The molecule has 0 spiro atoms. The maximum absolute atomic E-state index is 13.6. The molecule has 0 radical (unpaired) electrons. The molecule has 0 N–H and O–H groups in total. The van der Waals surface area contributed by atoms with Crippen LogP contribution in [0.15, 0.2) is 36.7 Å². The van der Waals surface area contributed by atoms with Crippen LogP contribution in [0.25, 0.3) is 27.9 Å². The van der Waals surface area contributed by atoms with Crippen LogP contribution in [0.5, 0.6) is 5.75 Å². The number of carbonyl (C=O) groups excluding carboxylic acids is 1. The second kappa shape index (κ2) is 6.86. The van der Waals surface area contributed by atoms with Crippen LogP contribution in [0.4, 0.5) is 0 Å². The largest absolute Gasteiger partial charge is 0.494 e. The third kappa shape index (κ3) is 2.69. The molecular formula is C28H29N5O2. The van der Waals surface area contributed by atoms with Crippen molar-refractivity contribution in [3.63, 3.8) is 0 Å². The second-order valence-corrected chi connectivity index (χ2v) is 11.2. The van der Waals surface area contributed by atoms with E-state index in [2.05, 4.69) is 33.5 Å². The summed E-state index contributed by atoms with van der Waals surface area (Å²) in [5.74, 6) is 3.87.